The molecule has 9 heteroatoms. The van der Waals surface area contributed by atoms with Crippen LogP contribution in [0.3, 0.4) is 0 Å². The summed E-state index contributed by atoms with van der Waals surface area (Å²) in [5.74, 6) is 0.445. The molecule has 5 nitrogen and oxygen atoms in total. The molecule has 3 N–H and O–H groups in total. The summed E-state index contributed by atoms with van der Waals surface area (Å²) in [6.07, 6.45) is 3.69. The standard InChI is InChI=1S/C17H24Cl3N3O2S/c1-3-4-5-6-11-25-14-9-7-13(8-10-14)22-16(26)23-15(17(18,19)20)21-12(2)24/h7-10,15H,3-6,11H2,1-2H3,(H,21,24)(H2,22,23,26). The van der Waals surface area contributed by atoms with Gasteiger partial charge in [0.15, 0.2) is 5.11 Å². The fourth-order valence-electron chi connectivity index (χ4n) is 2.05. The summed E-state index contributed by atoms with van der Waals surface area (Å²) in [5, 5.41) is 8.43. The molecule has 1 atom stereocenters. The molecule has 1 amide bonds. The quantitative estimate of drug-likeness (QED) is 0.223. The second kappa shape index (κ2) is 11.7. The molecule has 0 radical (unpaired) electrons. The first-order chi connectivity index (χ1) is 12.2. The average molecular weight is 441 g/mol. The lowest BCUT2D eigenvalue weighted by atomic mass is 10.2. The van der Waals surface area contributed by atoms with Crippen LogP contribution in [0.1, 0.15) is 39.5 Å². The van der Waals surface area contributed by atoms with Gasteiger partial charge >= 0.3 is 0 Å². The number of carbonyl (C=O) groups is 1. The van der Waals surface area contributed by atoms with Crippen molar-refractivity contribution in [1.29, 1.82) is 0 Å². The van der Waals surface area contributed by atoms with E-state index in [9.17, 15) is 4.79 Å². The van der Waals surface area contributed by atoms with Gasteiger partial charge in [0.2, 0.25) is 9.70 Å². The second-order valence-electron chi connectivity index (χ2n) is 5.71. The van der Waals surface area contributed by atoms with E-state index in [0.717, 1.165) is 17.9 Å². The van der Waals surface area contributed by atoms with E-state index in [-0.39, 0.29) is 11.0 Å². The maximum atomic E-state index is 11.2. The molecule has 1 aromatic carbocycles. The molecule has 1 aromatic rings. The van der Waals surface area contributed by atoms with Crippen molar-refractivity contribution < 1.29 is 9.53 Å². The molecule has 1 rings (SSSR count). The number of benzene rings is 1. The number of hydrogen-bond acceptors (Lipinski definition) is 3. The molecular formula is C17H24Cl3N3O2S. The highest BCUT2D eigenvalue weighted by Crippen LogP contribution is 2.29. The van der Waals surface area contributed by atoms with Crippen LogP contribution in [0, 0.1) is 0 Å². The van der Waals surface area contributed by atoms with Crippen molar-refractivity contribution in [1.82, 2.24) is 10.6 Å². The topological polar surface area (TPSA) is 62.4 Å². The van der Waals surface area contributed by atoms with Crippen molar-refractivity contribution in [3.8, 4) is 5.75 Å². The Morgan fingerprint density at radius 2 is 1.81 bits per heavy atom. The van der Waals surface area contributed by atoms with Gasteiger partial charge in [0.1, 0.15) is 11.9 Å². The number of thiocarbonyl (C=S) groups is 1. The molecule has 0 saturated heterocycles. The van der Waals surface area contributed by atoms with Crippen molar-refractivity contribution in [3.63, 3.8) is 0 Å². The third kappa shape index (κ3) is 9.67. The average Bonchev–Trinajstić information content (AvgIpc) is 2.54. The fraction of sp³-hybridized carbons (Fsp3) is 0.529. The predicted molar refractivity (Wildman–Crippen MR) is 113 cm³/mol. The third-order valence-corrected chi connectivity index (χ3v) is 4.20. The first kappa shape index (κ1) is 23.1. The van der Waals surface area contributed by atoms with E-state index in [1.54, 1.807) is 0 Å². The van der Waals surface area contributed by atoms with Crippen LogP contribution in [0.25, 0.3) is 0 Å². The number of ether oxygens (including phenoxy) is 1. The normalized spacial score (nSPS) is 12.2. The zero-order valence-corrected chi connectivity index (χ0v) is 17.9. The van der Waals surface area contributed by atoms with Gasteiger partial charge in [0.05, 0.1) is 6.61 Å². The van der Waals surface area contributed by atoms with Crippen LogP contribution in [-0.4, -0.2) is 27.6 Å². The predicted octanol–water partition coefficient (Wildman–Crippen LogP) is 4.76. The number of amides is 1. The third-order valence-electron chi connectivity index (χ3n) is 3.33. The van der Waals surface area contributed by atoms with Gasteiger partial charge in [0.25, 0.3) is 0 Å². The maximum absolute atomic E-state index is 11.2. The molecule has 0 heterocycles. The molecule has 0 aromatic heterocycles. The van der Waals surface area contributed by atoms with Gasteiger partial charge in [-0.25, -0.2) is 0 Å². The maximum Gasteiger partial charge on any atom is 0.228 e. The lowest BCUT2D eigenvalue weighted by Crippen LogP contribution is -2.55. The van der Waals surface area contributed by atoms with E-state index >= 15 is 0 Å². The molecule has 0 aliphatic carbocycles. The first-order valence-corrected chi connectivity index (χ1v) is 9.90. The molecule has 0 fully saturated rings. The van der Waals surface area contributed by atoms with Gasteiger partial charge in [-0.1, -0.05) is 61.0 Å². The van der Waals surface area contributed by atoms with E-state index in [2.05, 4.69) is 22.9 Å². The van der Waals surface area contributed by atoms with Crippen LogP contribution in [0.4, 0.5) is 5.69 Å². The second-order valence-corrected chi connectivity index (χ2v) is 8.48. The van der Waals surface area contributed by atoms with Crippen LogP contribution in [-0.2, 0) is 4.79 Å². The number of nitrogens with one attached hydrogen (secondary N) is 3. The first-order valence-electron chi connectivity index (χ1n) is 8.36. The zero-order chi connectivity index (χ0) is 19.6. The highest BCUT2D eigenvalue weighted by atomic mass is 35.6. The molecule has 0 saturated carbocycles. The van der Waals surface area contributed by atoms with E-state index < -0.39 is 9.96 Å². The van der Waals surface area contributed by atoms with Crippen molar-refractivity contribution in [3.05, 3.63) is 24.3 Å². The van der Waals surface area contributed by atoms with Crippen LogP contribution < -0.4 is 20.7 Å². The minimum Gasteiger partial charge on any atom is -0.494 e. The zero-order valence-electron chi connectivity index (χ0n) is 14.8. The Balaban J connectivity index is 2.49. The number of carbonyl (C=O) groups excluding carboxylic acids is 1. The number of unbranched alkanes of at least 4 members (excludes halogenated alkanes) is 3. The smallest absolute Gasteiger partial charge is 0.228 e. The highest BCUT2D eigenvalue weighted by molar-refractivity contribution is 7.80. The number of hydrogen-bond donors (Lipinski definition) is 3. The van der Waals surface area contributed by atoms with Gasteiger partial charge < -0.3 is 20.7 Å². The minimum absolute atomic E-state index is 0.211. The van der Waals surface area contributed by atoms with Gasteiger partial charge in [-0.2, -0.15) is 0 Å². The summed E-state index contributed by atoms with van der Waals surface area (Å²) in [6, 6.07) is 7.37. The Morgan fingerprint density at radius 3 is 2.35 bits per heavy atom. The monoisotopic (exact) mass is 439 g/mol. The lowest BCUT2D eigenvalue weighted by Gasteiger charge is -2.27. The minimum atomic E-state index is -1.76. The van der Waals surface area contributed by atoms with E-state index in [1.807, 2.05) is 24.3 Å². The van der Waals surface area contributed by atoms with E-state index in [0.29, 0.717) is 6.61 Å². The molecule has 1 unspecified atom stereocenters. The van der Waals surface area contributed by atoms with Crippen molar-refractivity contribution >= 4 is 63.7 Å². The van der Waals surface area contributed by atoms with Gasteiger partial charge in [-0.3, -0.25) is 4.79 Å². The Kier molecular flexibility index (Phi) is 10.4. The molecule has 146 valence electrons. The fourth-order valence-corrected chi connectivity index (χ4v) is 2.62. The van der Waals surface area contributed by atoms with Crippen LogP contribution in [0.2, 0.25) is 0 Å². The summed E-state index contributed by atoms with van der Waals surface area (Å²) >= 11 is 22.7. The van der Waals surface area contributed by atoms with Gasteiger partial charge in [-0.15, -0.1) is 0 Å². The summed E-state index contributed by atoms with van der Waals surface area (Å²) in [6.45, 7) is 4.20. The number of anilines is 1. The van der Waals surface area contributed by atoms with Crippen LogP contribution in [0.5, 0.6) is 5.75 Å². The Labute approximate surface area is 175 Å². The molecule has 26 heavy (non-hydrogen) atoms. The van der Waals surface area contributed by atoms with Crippen molar-refractivity contribution in [2.24, 2.45) is 0 Å². The molecule has 0 aliphatic rings. The Morgan fingerprint density at radius 1 is 1.15 bits per heavy atom. The molecule has 0 bridgehead atoms. The summed E-state index contributed by atoms with van der Waals surface area (Å²) in [4.78, 5) is 11.2. The number of rotatable bonds is 9. The van der Waals surface area contributed by atoms with Crippen LogP contribution >= 0.6 is 47.0 Å². The summed E-state index contributed by atoms with van der Waals surface area (Å²) in [7, 11) is 0. The largest absolute Gasteiger partial charge is 0.494 e. The molecule has 0 aliphatic heterocycles. The number of alkyl halides is 3. The lowest BCUT2D eigenvalue weighted by molar-refractivity contribution is -0.119. The summed E-state index contributed by atoms with van der Waals surface area (Å²) < 4.78 is 3.93. The Hall–Kier alpha value is -0.950. The van der Waals surface area contributed by atoms with E-state index in [1.165, 1.54) is 26.2 Å². The summed E-state index contributed by atoms with van der Waals surface area (Å²) in [5.41, 5.74) is 0.742. The highest BCUT2D eigenvalue weighted by Gasteiger charge is 2.33. The van der Waals surface area contributed by atoms with Gasteiger partial charge in [-0.05, 0) is 42.9 Å². The number of halogens is 3. The Bertz CT molecular complexity index is 580. The van der Waals surface area contributed by atoms with Crippen molar-refractivity contribution in [2.45, 2.75) is 49.5 Å². The molecular weight excluding hydrogens is 417 g/mol. The van der Waals surface area contributed by atoms with Crippen molar-refractivity contribution in [2.75, 3.05) is 11.9 Å². The van der Waals surface area contributed by atoms with E-state index in [4.69, 9.17) is 51.8 Å². The molecule has 0 spiro atoms. The SMILES string of the molecule is CCCCCCOc1ccc(NC(=S)NC(NC(C)=O)C(Cl)(Cl)Cl)cc1. The van der Waals surface area contributed by atoms with Gasteiger partial charge in [0, 0.05) is 12.6 Å². The van der Waals surface area contributed by atoms with Crippen LogP contribution in [0.15, 0.2) is 24.3 Å².